The van der Waals surface area contributed by atoms with Crippen molar-refractivity contribution in [2.45, 2.75) is 17.8 Å². The maximum atomic E-state index is 4.44. The van der Waals surface area contributed by atoms with Gasteiger partial charge < -0.3 is 0 Å². The second kappa shape index (κ2) is 7.57. The fourth-order valence-electron chi connectivity index (χ4n) is 1.93. The quantitative estimate of drug-likeness (QED) is 0.478. The zero-order valence-corrected chi connectivity index (χ0v) is 15.0. The molecule has 6 heteroatoms. The molecule has 0 bridgehead atoms. The standard InChI is InChI=1S/C17H15BrN4S/c1-13-6-8-14(9-7-13)11-23-17-21-19-12-22(17)20-10-15-4-2-3-5-16(15)18/h2-10,12H,11H2,1H3/b20-10+. The van der Waals surface area contributed by atoms with E-state index in [-0.39, 0.29) is 0 Å². The fraction of sp³-hybridized carbons (Fsp3) is 0.118. The van der Waals surface area contributed by atoms with Crippen molar-refractivity contribution in [3.05, 3.63) is 76.0 Å². The summed E-state index contributed by atoms with van der Waals surface area (Å²) >= 11 is 5.13. The van der Waals surface area contributed by atoms with E-state index in [9.17, 15) is 0 Å². The van der Waals surface area contributed by atoms with Gasteiger partial charge in [-0.25, -0.2) is 0 Å². The van der Waals surface area contributed by atoms with Crippen molar-refractivity contribution in [2.24, 2.45) is 5.10 Å². The molecule has 0 saturated heterocycles. The predicted molar refractivity (Wildman–Crippen MR) is 97.9 cm³/mol. The van der Waals surface area contributed by atoms with Gasteiger partial charge in [-0.1, -0.05) is 75.7 Å². The lowest BCUT2D eigenvalue weighted by atomic mass is 10.2. The van der Waals surface area contributed by atoms with Gasteiger partial charge in [0.15, 0.2) is 0 Å². The van der Waals surface area contributed by atoms with Crippen LogP contribution in [0, 0.1) is 6.92 Å². The summed E-state index contributed by atoms with van der Waals surface area (Å²) in [5.74, 6) is 0.837. The lowest BCUT2D eigenvalue weighted by molar-refractivity contribution is 0.767. The minimum atomic E-state index is 0.772. The molecule has 2 aromatic carbocycles. The average molecular weight is 387 g/mol. The largest absolute Gasteiger partial charge is 0.212 e. The molecule has 3 rings (SSSR count). The topological polar surface area (TPSA) is 43.1 Å². The molecular formula is C17H15BrN4S. The summed E-state index contributed by atoms with van der Waals surface area (Å²) < 4.78 is 2.70. The molecular weight excluding hydrogens is 372 g/mol. The van der Waals surface area contributed by atoms with Crippen LogP contribution in [0.4, 0.5) is 0 Å². The van der Waals surface area contributed by atoms with E-state index in [2.05, 4.69) is 62.4 Å². The Morgan fingerprint density at radius 3 is 2.74 bits per heavy atom. The Morgan fingerprint density at radius 2 is 1.96 bits per heavy atom. The number of thioether (sulfide) groups is 1. The van der Waals surface area contributed by atoms with Gasteiger partial charge in [0, 0.05) is 15.8 Å². The zero-order valence-electron chi connectivity index (χ0n) is 12.6. The first-order valence-electron chi connectivity index (χ1n) is 7.09. The van der Waals surface area contributed by atoms with Crippen LogP contribution in [0.25, 0.3) is 0 Å². The number of nitrogens with zero attached hydrogens (tertiary/aromatic N) is 4. The smallest absolute Gasteiger partial charge is 0.195 e. The zero-order chi connectivity index (χ0) is 16.1. The monoisotopic (exact) mass is 386 g/mol. The normalized spacial score (nSPS) is 11.2. The van der Waals surface area contributed by atoms with Crippen molar-refractivity contribution in [1.82, 2.24) is 14.9 Å². The van der Waals surface area contributed by atoms with Crippen molar-refractivity contribution in [3.63, 3.8) is 0 Å². The summed E-state index contributed by atoms with van der Waals surface area (Å²) in [4.78, 5) is 0. The van der Waals surface area contributed by atoms with Crippen LogP contribution < -0.4 is 0 Å². The highest BCUT2D eigenvalue weighted by atomic mass is 79.9. The summed E-state index contributed by atoms with van der Waals surface area (Å²) in [6.45, 7) is 2.09. The van der Waals surface area contributed by atoms with E-state index in [0.717, 1.165) is 20.9 Å². The van der Waals surface area contributed by atoms with Crippen molar-refractivity contribution in [2.75, 3.05) is 0 Å². The maximum Gasteiger partial charge on any atom is 0.212 e. The molecule has 23 heavy (non-hydrogen) atoms. The molecule has 3 aromatic rings. The van der Waals surface area contributed by atoms with Crippen LogP contribution in [0.1, 0.15) is 16.7 Å². The summed E-state index contributed by atoms with van der Waals surface area (Å²) in [5, 5.41) is 13.3. The molecule has 0 fully saturated rings. The Bertz CT molecular complexity index is 811. The van der Waals surface area contributed by atoms with Crippen molar-refractivity contribution >= 4 is 33.9 Å². The molecule has 0 aliphatic rings. The van der Waals surface area contributed by atoms with E-state index in [1.165, 1.54) is 11.1 Å². The van der Waals surface area contributed by atoms with Crippen LogP contribution in [0.5, 0.6) is 0 Å². The first kappa shape index (κ1) is 16.0. The molecule has 0 radical (unpaired) electrons. The van der Waals surface area contributed by atoms with E-state index in [4.69, 9.17) is 0 Å². The van der Waals surface area contributed by atoms with E-state index in [0.29, 0.717) is 0 Å². The van der Waals surface area contributed by atoms with E-state index >= 15 is 0 Å². The highest BCUT2D eigenvalue weighted by Gasteiger charge is 2.05. The molecule has 0 aliphatic carbocycles. The minimum absolute atomic E-state index is 0.772. The molecule has 0 amide bonds. The second-order valence-electron chi connectivity index (χ2n) is 5.00. The van der Waals surface area contributed by atoms with Crippen molar-refractivity contribution < 1.29 is 0 Å². The van der Waals surface area contributed by atoms with Crippen LogP contribution in [0.15, 0.2) is 69.6 Å². The number of halogens is 1. The SMILES string of the molecule is Cc1ccc(CSc2nncn2/N=C/c2ccccc2Br)cc1. The minimum Gasteiger partial charge on any atom is -0.195 e. The predicted octanol–water partition coefficient (Wildman–Crippen LogP) is 4.52. The molecule has 0 N–H and O–H groups in total. The van der Waals surface area contributed by atoms with E-state index in [1.54, 1.807) is 29.0 Å². The first-order chi connectivity index (χ1) is 11.2. The third-order valence-electron chi connectivity index (χ3n) is 3.22. The molecule has 1 aromatic heterocycles. The molecule has 0 saturated carbocycles. The Kier molecular flexibility index (Phi) is 5.25. The highest BCUT2D eigenvalue weighted by Crippen LogP contribution is 2.21. The van der Waals surface area contributed by atoms with Crippen LogP contribution in [-0.4, -0.2) is 21.1 Å². The average Bonchev–Trinajstić information content (AvgIpc) is 3.01. The van der Waals surface area contributed by atoms with Crippen LogP contribution in [0.2, 0.25) is 0 Å². The van der Waals surface area contributed by atoms with Gasteiger partial charge in [0.1, 0.15) is 6.33 Å². The van der Waals surface area contributed by atoms with Gasteiger partial charge in [0.05, 0.1) is 6.21 Å². The molecule has 0 atom stereocenters. The van der Waals surface area contributed by atoms with Gasteiger partial charge in [-0.05, 0) is 18.6 Å². The Hall–Kier alpha value is -1.92. The lowest BCUT2D eigenvalue weighted by Crippen LogP contribution is -1.93. The molecule has 0 unspecified atom stereocenters. The van der Waals surface area contributed by atoms with Gasteiger partial charge in [-0.15, -0.1) is 10.2 Å². The number of hydrogen-bond acceptors (Lipinski definition) is 4. The number of rotatable bonds is 5. The molecule has 116 valence electrons. The van der Waals surface area contributed by atoms with Crippen LogP contribution in [0.3, 0.4) is 0 Å². The van der Waals surface area contributed by atoms with Gasteiger partial charge in [0.2, 0.25) is 5.16 Å². The maximum absolute atomic E-state index is 4.44. The third-order valence-corrected chi connectivity index (χ3v) is 4.94. The van der Waals surface area contributed by atoms with Crippen LogP contribution in [-0.2, 0) is 5.75 Å². The number of hydrogen-bond donors (Lipinski definition) is 0. The number of benzene rings is 2. The molecule has 0 aliphatic heterocycles. The van der Waals surface area contributed by atoms with Gasteiger partial charge in [-0.3, -0.25) is 0 Å². The summed E-state index contributed by atoms with van der Waals surface area (Å²) in [7, 11) is 0. The second-order valence-corrected chi connectivity index (χ2v) is 6.80. The Labute approximate surface area is 147 Å². The Balaban J connectivity index is 1.70. The third kappa shape index (κ3) is 4.30. The number of aromatic nitrogens is 3. The molecule has 4 nitrogen and oxygen atoms in total. The van der Waals surface area contributed by atoms with E-state index < -0.39 is 0 Å². The van der Waals surface area contributed by atoms with Crippen LogP contribution >= 0.6 is 27.7 Å². The summed E-state index contributed by atoms with van der Waals surface area (Å²) in [6.07, 6.45) is 3.41. The summed E-state index contributed by atoms with van der Waals surface area (Å²) in [6, 6.07) is 16.4. The van der Waals surface area contributed by atoms with Gasteiger partial charge >= 0.3 is 0 Å². The molecule has 1 heterocycles. The first-order valence-corrected chi connectivity index (χ1v) is 8.87. The summed E-state index contributed by atoms with van der Waals surface area (Å²) in [5.41, 5.74) is 3.53. The van der Waals surface area contributed by atoms with Crippen molar-refractivity contribution in [3.8, 4) is 0 Å². The number of aryl methyl sites for hydroxylation is 1. The van der Waals surface area contributed by atoms with Crippen molar-refractivity contribution in [1.29, 1.82) is 0 Å². The fourth-order valence-corrected chi connectivity index (χ4v) is 3.14. The Morgan fingerprint density at radius 1 is 1.17 bits per heavy atom. The highest BCUT2D eigenvalue weighted by molar-refractivity contribution is 9.10. The molecule has 0 spiro atoms. The van der Waals surface area contributed by atoms with Gasteiger partial charge in [0.25, 0.3) is 0 Å². The lowest BCUT2D eigenvalue weighted by Gasteiger charge is -2.02. The van der Waals surface area contributed by atoms with E-state index in [1.807, 2.05) is 24.3 Å². The van der Waals surface area contributed by atoms with Gasteiger partial charge in [-0.2, -0.15) is 9.78 Å².